The third-order valence-electron chi connectivity index (χ3n) is 2.10. The Morgan fingerprint density at radius 2 is 2.13 bits per heavy atom. The zero-order valence-electron chi connectivity index (χ0n) is 7.58. The summed E-state index contributed by atoms with van der Waals surface area (Å²) in [5.74, 6) is -0.473. The second-order valence-corrected chi connectivity index (χ2v) is 2.99. The van der Waals surface area contributed by atoms with E-state index in [1.165, 1.54) is 16.1 Å². The summed E-state index contributed by atoms with van der Waals surface area (Å²) in [7, 11) is 0. The predicted octanol–water partition coefficient (Wildman–Crippen LogP) is 0.453. The quantitative estimate of drug-likeness (QED) is 0.732. The second kappa shape index (κ2) is 2.89. The molecule has 15 heavy (non-hydrogen) atoms. The Labute approximate surface area is 83.9 Å². The van der Waals surface area contributed by atoms with Crippen molar-refractivity contribution >= 4 is 11.1 Å². The molecular formula is C9H7N3O3. The van der Waals surface area contributed by atoms with Crippen LogP contribution in [0.5, 0.6) is 0 Å². The molecule has 2 heterocycles. The molecule has 1 aromatic heterocycles. The van der Waals surface area contributed by atoms with Crippen molar-refractivity contribution in [2.75, 3.05) is 5.12 Å². The molecule has 0 saturated carbocycles. The maximum Gasteiger partial charge on any atom is 0.440 e. The van der Waals surface area contributed by atoms with Crippen molar-refractivity contribution in [1.82, 2.24) is 10.3 Å². The molecule has 6 heteroatoms. The van der Waals surface area contributed by atoms with E-state index in [-0.39, 0.29) is 0 Å². The van der Waals surface area contributed by atoms with Gasteiger partial charge in [-0.05, 0) is 17.7 Å². The summed E-state index contributed by atoms with van der Waals surface area (Å²) in [6.07, 6.45) is 3.00. The molecule has 0 radical (unpaired) electrons. The van der Waals surface area contributed by atoms with Crippen molar-refractivity contribution in [2.24, 2.45) is 0 Å². The molecule has 0 atom stereocenters. The fourth-order valence-electron chi connectivity index (χ4n) is 1.47. The molecule has 0 bridgehead atoms. The molecule has 0 spiro atoms. The van der Waals surface area contributed by atoms with Gasteiger partial charge in [-0.2, -0.15) is 9.79 Å². The zero-order chi connectivity index (χ0) is 10.3. The number of nitrogens with one attached hydrogen (secondary N) is 1. The van der Waals surface area contributed by atoms with E-state index < -0.39 is 5.76 Å². The Morgan fingerprint density at radius 3 is 2.93 bits per heavy atom. The van der Waals surface area contributed by atoms with E-state index in [0.717, 1.165) is 0 Å². The molecular weight excluding hydrogens is 198 g/mol. The molecule has 76 valence electrons. The third-order valence-corrected chi connectivity index (χ3v) is 2.10. The summed E-state index contributed by atoms with van der Waals surface area (Å²) in [4.78, 5) is 16.3. The lowest BCUT2D eigenvalue weighted by Crippen LogP contribution is -2.42. The Balaban J connectivity index is 2.28. The third kappa shape index (κ3) is 1.12. The topological polar surface area (TPSA) is 59.6 Å². The lowest BCUT2D eigenvalue weighted by Gasteiger charge is -2.13. The van der Waals surface area contributed by atoms with Crippen LogP contribution in [0, 0.1) is 0 Å². The fourth-order valence-corrected chi connectivity index (χ4v) is 1.47. The lowest BCUT2D eigenvalue weighted by molar-refractivity contribution is 0.138. The monoisotopic (exact) mass is 205 g/mol. The van der Waals surface area contributed by atoms with Gasteiger partial charge in [-0.3, -0.25) is 0 Å². The summed E-state index contributed by atoms with van der Waals surface area (Å²) >= 11 is 0. The Morgan fingerprint density at radius 1 is 1.27 bits per heavy atom. The number of fused-ring (bicyclic) bond motifs is 1. The largest absolute Gasteiger partial charge is 0.440 e. The second-order valence-electron chi connectivity index (χ2n) is 2.99. The number of benzene rings is 1. The molecule has 0 aliphatic carbocycles. The van der Waals surface area contributed by atoms with Crippen LogP contribution >= 0.6 is 0 Å². The molecule has 1 aromatic carbocycles. The van der Waals surface area contributed by atoms with Crippen molar-refractivity contribution in [3.05, 3.63) is 47.3 Å². The maximum atomic E-state index is 11.6. The summed E-state index contributed by atoms with van der Waals surface area (Å²) in [6, 6.07) is 7.15. The van der Waals surface area contributed by atoms with Gasteiger partial charge in [-0.15, -0.1) is 0 Å². The zero-order valence-corrected chi connectivity index (χ0v) is 7.58. The number of para-hydroxylation sites is 2. The minimum absolute atomic E-state index is 0.473. The summed E-state index contributed by atoms with van der Waals surface area (Å²) in [5.41, 5.74) is 3.72. The lowest BCUT2D eigenvalue weighted by atomic mass is 10.3. The highest BCUT2D eigenvalue weighted by Gasteiger charge is 2.15. The fraction of sp³-hybridized carbons (Fsp3) is 0. The number of nitrogens with zero attached hydrogens (tertiary/aromatic N) is 2. The van der Waals surface area contributed by atoms with Gasteiger partial charge in [0.25, 0.3) is 0 Å². The first kappa shape index (κ1) is 8.13. The minimum Gasteiger partial charge on any atom is -0.406 e. The predicted molar refractivity (Wildman–Crippen MR) is 52.1 cm³/mol. The van der Waals surface area contributed by atoms with E-state index in [4.69, 9.17) is 9.25 Å². The summed E-state index contributed by atoms with van der Waals surface area (Å²) < 4.78 is 6.38. The molecule has 1 aliphatic rings. The highest BCUT2D eigenvalue weighted by atomic mass is 16.7. The molecule has 0 unspecified atom stereocenters. The SMILES string of the molecule is O=c1oc2ccccc2n1N1C=CON1. The van der Waals surface area contributed by atoms with Crippen molar-refractivity contribution in [3.63, 3.8) is 0 Å². The van der Waals surface area contributed by atoms with Crippen LogP contribution in [0.1, 0.15) is 0 Å². The molecule has 1 N–H and O–H groups in total. The average Bonchev–Trinajstić information content (AvgIpc) is 2.82. The molecule has 2 aromatic rings. The van der Waals surface area contributed by atoms with Crippen LogP contribution in [-0.2, 0) is 4.84 Å². The first-order valence-electron chi connectivity index (χ1n) is 4.34. The van der Waals surface area contributed by atoms with Crippen molar-refractivity contribution in [3.8, 4) is 0 Å². The standard InChI is InChI=1S/C9H7N3O3/c13-9-12(11-5-6-14-10-11)7-3-1-2-4-8(7)15-9/h1-6,10H. The average molecular weight is 205 g/mol. The maximum absolute atomic E-state index is 11.6. The van der Waals surface area contributed by atoms with Crippen molar-refractivity contribution in [2.45, 2.75) is 0 Å². The summed E-state index contributed by atoms with van der Waals surface area (Å²) in [5, 5.41) is 1.40. The van der Waals surface area contributed by atoms with Crippen molar-refractivity contribution in [1.29, 1.82) is 0 Å². The van der Waals surface area contributed by atoms with Gasteiger partial charge in [0, 0.05) is 0 Å². The van der Waals surface area contributed by atoms with Gasteiger partial charge in [0.15, 0.2) is 5.58 Å². The number of rotatable bonds is 1. The van der Waals surface area contributed by atoms with Gasteiger partial charge in [0.1, 0.15) is 11.8 Å². The molecule has 1 aliphatic heterocycles. The smallest absolute Gasteiger partial charge is 0.406 e. The van der Waals surface area contributed by atoms with Gasteiger partial charge < -0.3 is 9.25 Å². The van der Waals surface area contributed by atoms with Gasteiger partial charge in [-0.25, -0.2) is 4.79 Å². The van der Waals surface area contributed by atoms with Crippen LogP contribution in [0.4, 0.5) is 0 Å². The molecule has 6 nitrogen and oxygen atoms in total. The van der Waals surface area contributed by atoms with Crippen LogP contribution in [0.2, 0.25) is 0 Å². The normalized spacial score (nSPS) is 14.8. The van der Waals surface area contributed by atoms with Crippen LogP contribution < -0.4 is 16.5 Å². The number of aromatic nitrogens is 1. The molecule has 0 amide bonds. The van der Waals surface area contributed by atoms with Crippen LogP contribution in [0.3, 0.4) is 0 Å². The minimum atomic E-state index is -0.473. The first-order chi connectivity index (χ1) is 7.36. The highest BCUT2D eigenvalue weighted by Crippen LogP contribution is 2.12. The Hall–Kier alpha value is -2.21. The van der Waals surface area contributed by atoms with E-state index >= 15 is 0 Å². The van der Waals surface area contributed by atoms with E-state index in [2.05, 4.69) is 5.59 Å². The first-order valence-corrected chi connectivity index (χ1v) is 4.34. The number of hydrogen-bond acceptors (Lipinski definition) is 5. The summed E-state index contributed by atoms with van der Waals surface area (Å²) in [6.45, 7) is 0. The van der Waals surface area contributed by atoms with E-state index in [0.29, 0.717) is 11.1 Å². The highest BCUT2D eigenvalue weighted by molar-refractivity contribution is 5.73. The van der Waals surface area contributed by atoms with Gasteiger partial charge in [0.05, 0.1) is 6.20 Å². The van der Waals surface area contributed by atoms with Gasteiger partial charge >= 0.3 is 5.76 Å². The Bertz CT molecular complexity index is 584. The van der Waals surface area contributed by atoms with Crippen LogP contribution in [-0.4, -0.2) is 4.68 Å². The molecule has 3 rings (SSSR count). The number of hydrazine groups is 1. The van der Waals surface area contributed by atoms with E-state index in [9.17, 15) is 4.79 Å². The van der Waals surface area contributed by atoms with Crippen LogP contribution in [0.15, 0.2) is 45.9 Å². The van der Waals surface area contributed by atoms with Crippen LogP contribution in [0.25, 0.3) is 11.1 Å². The van der Waals surface area contributed by atoms with E-state index in [1.54, 1.807) is 24.4 Å². The van der Waals surface area contributed by atoms with Gasteiger partial charge in [0.2, 0.25) is 0 Å². The molecule has 0 fully saturated rings. The molecule has 0 saturated heterocycles. The number of oxazole rings is 1. The Kier molecular flexibility index (Phi) is 1.57. The van der Waals surface area contributed by atoms with E-state index in [1.807, 2.05) is 6.07 Å². The van der Waals surface area contributed by atoms with Crippen molar-refractivity contribution < 1.29 is 9.25 Å². The van der Waals surface area contributed by atoms with Gasteiger partial charge in [-0.1, -0.05) is 12.1 Å². The number of hydrogen-bond donors (Lipinski definition) is 1.